The predicted molar refractivity (Wildman–Crippen MR) is 109 cm³/mol. The zero-order chi connectivity index (χ0) is 21.2. The Morgan fingerprint density at radius 1 is 1.06 bits per heavy atom. The number of tetrazole rings is 1. The molecular formula is C20H15N9O2. The lowest BCUT2D eigenvalue weighted by molar-refractivity contribution is 0.100. The van der Waals surface area contributed by atoms with Gasteiger partial charge in [-0.05, 0) is 47.7 Å². The van der Waals surface area contributed by atoms with Crippen molar-refractivity contribution in [3.05, 3.63) is 72.2 Å². The van der Waals surface area contributed by atoms with Gasteiger partial charge < -0.3 is 10.5 Å². The van der Waals surface area contributed by atoms with Crippen LogP contribution in [0.4, 0.5) is 0 Å². The Bertz CT molecular complexity index is 1340. The Labute approximate surface area is 174 Å². The van der Waals surface area contributed by atoms with E-state index in [4.69, 9.17) is 10.5 Å². The van der Waals surface area contributed by atoms with Crippen LogP contribution in [0.25, 0.3) is 28.4 Å². The Hall–Kier alpha value is -4.67. The van der Waals surface area contributed by atoms with E-state index in [0.29, 0.717) is 35.1 Å². The van der Waals surface area contributed by atoms with E-state index in [1.54, 1.807) is 22.8 Å². The molecule has 0 spiro atoms. The number of pyridine rings is 2. The summed E-state index contributed by atoms with van der Waals surface area (Å²) in [4.78, 5) is 20.0. The van der Waals surface area contributed by atoms with Crippen LogP contribution in [0.1, 0.15) is 15.9 Å². The first-order valence-corrected chi connectivity index (χ1v) is 9.23. The molecule has 152 valence electrons. The lowest BCUT2D eigenvalue weighted by atomic mass is 10.1. The molecule has 0 aliphatic heterocycles. The zero-order valence-corrected chi connectivity index (χ0v) is 16.0. The van der Waals surface area contributed by atoms with Gasteiger partial charge in [-0.3, -0.25) is 9.78 Å². The highest BCUT2D eigenvalue weighted by molar-refractivity contribution is 5.99. The second-order valence-electron chi connectivity index (χ2n) is 6.59. The van der Waals surface area contributed by atoms with Crippen molar-refractivity contribution in [2.45, 2.75) is 6.61 Å². The van der Waals surface area contributed by atoms with Crippen LogP contribution in [0.15, 0.2) is 61.1 Å². The first-order chi connectivity index (χ1) is 15.2. The van der Waals surface area contributed by atoms with Crippen molar-refractivity contribution in [2.24, 2.45) is 5.73 Å². The fourth-order valence-corrected chi connectivity index (χ4v) is 3.12. The molecule has 0 atom stereocenters. The molecule has 0 saturated heterocycles. The largest absolute Gasteiger partial charge is 0.489 e. The van der Waals surface area contributed by atoms with Crippen molar-refractivity contribution in [2.75, 3.05) is 0 Å². The molecule has 11 heteroatoms. The topological polar surface area (TPSA) is 150 Å². The number of nitrogens with two attached hydrogens (primary N) is 1. The average molecular weight is 413 g/mol. The minimum absolute atomic E-state index is 0.320. The summed E-state index contributed by atoms with van der Waals surface area (Å²) >= 11 is 0. The quantitative estimate of drug-likeness (QED) is 0.426. The number of hydrogen-bond donors (Lipinski definition) is 2. The maximum atomic E-state index is 11.6. The van der Waals surface area contributed by atoms with E-state index in [9.17, 15) is 4.79 Å². The van der Waals surface area contributed by atoms with Gasteiger partial charge >= 0.3 is 0 Å². The Balaban J connectivity index is 1.31. The molecule has 0 radical (unpaired) electrons. The summed E-state index contributed by atoms with van der Waals surface area (Å²) < 4.78 is 7.44. The summed E-state index contributed by atoms with van der Waals surface area (Å²) in [5.74, 6) is 0.594. The molecule has 1 aromatic carbocycles. The molecule has 0 saturated carbocycles. The number of primary amides is 1. The number of amides is 1. The van der Waals surface area contributed by atoms with Crippen molar-refractivity contribution < 1.29 is 9.53 Å². The fraction of sp³-hybridized carbons (Fsp3) is 0.0500. The van der Waals surface area contributed by atoms with E-state index in [0.717, 1.165) is 16.8 Å². The molecule has 5 rings (SSSR count). The van der Waals surface area contributed by atoms with Gasteiger partial charge in [0.2, 0.25) is 5.82 Å². The molecular weight excluding hydrogens is 398 g/mol. The van der Waals surface area contributed by atoms with Crippen molar-refractivity contribution in [1.82, 2.24) is 40.2 Å². The van der Waals surface area contributed by atoms with E-state index in [1.165, 1.54) is 6.33 Å². The third kappa shape index (κ3) is 3.55. The van der Waals surface area contributed by atoms with Crippen LogP contribution in [0.5, 0.6) is 5.75 Å². The highest BCUT2D eigenvalue weighted by Gasteiger charge is 2.13. The Morgan fingerprint density at radius 2 is 1.94 bits per heavy atom. The van der Waals surface area contributed by atoms with Crippen molar-refractivity contribution >= 4 is 11.6 Å². The molecule has 4 aromatic heterocycles. The first kappa shape index (κ1) is 18.4. The number of fused-ring (bicyclic) bond motifs is 1. The number of nitrogens with zero attached hydrogens (tertiary/aromatic N) is 7. The van der Waals surface area contributed by atoms with Crippen LogP contribution in [0.3, 0.4) is 0 Å². The van der Waals surface area contributed by atoms with E-state index in [-0.39, 0.29) is 0 Å². The van der Waals surface area contributed by atoms with Crippen LogP contribution in [-0.2, 0) is 6.61 Å². The highest BCUT2D eigenvalue weighted by Crippen LogP contribution is 2.24. The number of benzene rings is 1. The smallest absolute Gasteiger partial charge is 0.252 e. The fourth-order valence-electron chi connectivity index (χ4n) is 3.12. The molecule has 0 bridgehead atoms. The molecule has 0 aliphatic carbocycles. The molecule has 31 heavy (non-hydrogen) atoms. The summed E-state index contributed by atoms with van der Waals surface area (Å²) in [6.45, 7) is 0.361. The Morgan fingerprint density at radius 3 is 2.65 bits per heavy atom. The van der Waals surface area contributed by atoms with Gasteiger partial charge in [0.1, 0.15) is 24.4 Å². The highest BCUT2D eigenvalue weighted by atomic mass is 16.5. The summed E-state index contributed by atoms with van der Waals surface area (Å²) in [7, 11) is 0. The summed E-state index contributed by atoms with van der Waals surface area (Å²) in [5.41, 5.74) is 9.36. The standard InChI is InChI=1S/C20H15N9O2/c21-18(30)15-6-8-17(29-20(15)23-11-24-29)13-2-4-14(5-3-13)31-10-12-1-7-16(22-9-12)19-25-27-28-26-19/h1-9,11H,10H2,(H2,21,30)(H,25,26,27,28). The monoisotopic (exact) mass is 413 g/mol. The summed E-state index contributed by atoms with van der Waals surface area (Å²) in [6.07, 6.45) is 3.10. The van der Waals surface area contributed by atoms with Gasteiger partial charge in [-0.25, -0.2) is 9.50 Å². The molecule has 5 aromatic rings. The van der Waals surface area contributed by atoms with Crippen molar-refractivity contribution in [3.8, 4) is 28.5 Å². The molecule has 0 fully saturated rings. The minimum atomic E-state index is -0.548. The van der Waals surface area contributed by atoms with Crippen LogP contribution in [0, 0.1) is 0 Å². The number of aromatic amines is 1. The van der Waals surface area contributed by atoms with Gasteiger partial charge in [0.15, 0.2) is 5.65 Å². The number of carbonyl (C=O) groups is 1. The normalized spacial score (nSPS) is 11.0. The van der Waals surface area contributed by atoms with E-state index in [2.05, 4.69) is 35.7 Å². The van der Waals surface area contributed by atoms with Crippen LogP contribution in [0.2, 0.25) is 0 Å². The molecule has 4 heterocycles. The molecule has 0 unspecified atom stereocenters. The second-order valence-corrected chi connectivity index (χ2v) is 6.59. The zero-order valence-electron chi connectivity index (χ0n) is 16.0. The number of hydrogen-bond acceptors (Lipinski definition) is 8. The molecule has 0 aliphatic rings. The van der Waals surface area contributed by atoms with Gasteiger partial charge in [0, 0.05) is 17.3 Å². The predicted octanol–water partition coefficient (Wildman–Crippen LogP) is 1.65. The van der Waals surface area contributed by atoms with E-state index in [1.807, 2.05) is 36.4 Å². The van der Waals surface area contributed by atoms with Gasteiger partial charge in [-0.2, -0.15) is 10.3 Å². The second kappa shape index (κ2) is 7.63. The number of H-pyrrole nitrogens is 1. The molecule has 3 N–H and O–H groups in total. The molecule has 11 nitrogen and oxygen atoms in total. The van der Waals surface area contributed by atoms with Crippen molar-refractivity contribution in [1.29, 1.82) is 0 Å². The minimum Gasteiger partial charge on any atom is -0.489 e. The number of nitrogens with one attached hydrogen (secondary N) is 1. The van der Waals surface area contributed by atoms with Gasteiger partial charge in [-0.15, -0.1) is 10.2 Å². The number of carbonyl (C=O) groups excluding carboxylic acids is 1. The van der Waals surface area contributed by atoms with Crippen LogP contribution >= 0.6 is 0 Å². The van der Waals surface area contributed by atoms with E-state index < -0.39 is 5.91 Å². The Kier molecular flexibility index (Phi) is 4.52. The first-order valence-electron chi connectivity index (χ1n) is 9.23. The van der Waals surface area contributed by atoms with Gasteiger partial charge in [0.05, 0.1) is 11.3 Å². The number of ether oxygens (including phenoxy) is 1. The number of rotatable bonds is 6. The van der Waals surface area contributed by atoms with Crippen LogP contribution < -0.4 is 10.5 Å². The van der Waals surface area contributed by atoms with Crippen molar-refractivity contribution in [3.63, 3.8) is 0 Å². The third-order valence-electron chi connectivity index (χ3n) is 4.64. The summed E-state index contributed by atoms with van der Waals surface area (Å²) in [5, 5.41) is 17.9. The lowest BCUT2D eigenvalue weighted by Crippen LogP contribution is -2.13. The third-order valence-corrected chi connectivity index (χ3v) is 4.64. The van der Waals surface area contributed by atoms with Gasteiger partial charge in [0.25, 0.3) is 5.91 Å². The average Bonchev–Trinajstić information content (AvgIpc) is 3.50. The molecule has 1 amide bonds. The summed E-state index contributed by atoms with van der Waals surface area (Å²) in [6, 6.07) is 14.7. The maximum absolute atomic E-state index is 11.6. The lowest BCUT2D eigenvalue weighted by Gasteiger charge is -2.09. The van der Waals surface area contributed by atoms with E-state index >= 15 is 0 Å². The van der Waals surface area contributed by atoms with Gasteiger partial charge in [-0.1, -0.05) is 6.07 Å². The number of aromatic nitrogens is 8. The van der Waals surface area contributed by atoms with Crippen LogP contribution in [-0.4, -0.2) is 46.1 Å². The maximum Gasteiger partial charge on any atom is 0.252 e. The SMILES string of the molecule is NC(=O)c1ccc(-c2ccc(OCc3ccc(-c4nn[nH]n4)nc3)cc2)n2ncnc12.